The molecule has 2 aromatic rings. The van der Waals surface area contributed by atoms with Crippen molar-refractivity contribution < 1.29 is 33.8 Å². The molecule has 0 radical (unpaired) electrons. The number of hydrogen-bond acceptors (Lipinski definition) is 7. The quantitative estimate of drug-likeness (QED) is 0.329. The van der Waals surface area contributed by atoms with Crippen molar-refractivity contribution in [2.75, 3.05) is 19.1 Å². The first-order valence-electron chi connectivity index (χ1n) is 13.5. The van der Waals surface area contributed by atoms with Gasteiger partial charge in [-0.25, -0.2) is 0 Å². The first kappa shape index (κ1) is 26.5. The van der Waals surface area contributed by atoms with E-state index < -0.39 is 23.7 Å². The number of amides is 2. The fraction of sp³-hybridized carbons (Fsp3) is 0.273. The first-order valence-corrected chi connectivity index (χ1v) is 13.5. The number of phenolic OH excluding ortho intramolecular Hbond substituents is 1. The Morgan fingerprint density at radius 3 is 2.29 bits per heavy atom. The highest BCUT2D eigenvalue weighted by Crippen LogP contribution is 2.53. The molecule has 4 unspecified atom stereocenters. The Kier molecular flexibility index (Phi) is 6.49. The minimum absolute atomic E-state index is 0.128. The summed E-state index contributed by atoms with van der Waals surface area (Å²) in [5.41, 5.74) is 3.23. The topological polar surface area (TPSA) is 110 Å². The minimum atomic E-state index is -0.629. The number of benzene rings is 2. The lowest BCUT2D eigenvalue weighted by Gasteiger charge is -2.41. The molecular formula is C33H29NO7. The highest BCUT2D eigenvalue weighted by Gasteiger charge is 2.56. The lowest BCUT2D eigenvalue weighted by Crippen LogP contribution is -2.40. The maximum Gasteiger partial charge on any atom is 0.238 e. The molecule has 0 aromatic heterocycles. The molecule has 1 N–H and O–H groups in total. The molecule has 1 aliphatic heterocycles. The summed E-state index contributed by atoms with van der Waals surface area (Å²) in [5, 5.41) is 10.3. The highest BCUT2D eigenvalue weighted by atomic mass is 16.5. The van der Waals surface area contributed by atoms with Crippen molar-refractivity contribution >= 4 is 35.1 Å². The van der Waals surface area contributed by atoms with E-state index in [1.54, 1.807) is 49.4 Å². The molecule has 6 rings (SSSR count). The van der Waals surface area contributed by atoms with Gasteiger partial charge < -0.3 is 14.6 Å². The van der Waals surface area contributed by atoms with Crippen LogP contribution in [0.3, 0.4) is 0 Å². The van der Waals surface area contributed by atoms with Gasteiger partial charge in [-0.1, -0.05) is 42.0 Å². The van der Waals surface area contributed by atoms with Crippen LogP contribution >= 0.6 is 0 Å². The van der Waals surface area contributed by atoms with Crippen molar-refractivity contribution in [3.63, 3.8) is 0 Å². The van der Waals surface area contributed by atoms with E-state index in [2.05, 4.69) is 0 Å². The second-order valence-electron chi connectivity index (χ2n) is 10.8. The van der Waals surface area contributed by atoms with E-state index in [4.69, 9.17) is 9.47 Å². The zero-order valence-electron chi connectivity index (χ0n) is 22.9. The third-order valence-corrected chi connectivity index (χ3v) is 8.61. The van der Waals surface area contributed by atoms with Crippen molar-refractivity contribution in [1.29, 1.82) is 0 Å². The number of para-hydroxylation sites is 1. The molecule has 2 aromatic carbocycles. The summed E-state index contributed by atoms with van der Waals surface area (Å²) in [6.07, 6.45) is 7.58. The number of aromatic hydroxyl groups is 1. The molecule has 0 saturated carbocycles. The van der Waals surface area contributed by atoms with E-state index >= 15 is 0 Å². The van der Waals surface area contributed by atoms with E-state index in [0.29, 0.717) is 34.4 Å². The van der Waals surface area contributed by atoms with Gasteiger partial charge in [-0.05, 0) is 61.6 Å². The molecule has 0 bridgehead atoms. The summed E-state index contributed by atoms with van der Waals surface area (Å²) in [5.74, 6) is -2.75. The van der Waals surface area contributed by atoms with Crippen LogP contribution in [0.2, 0.25) is 0 Å². The fourth-order valence-corrected chi connectivity index (χ4v) is 6.71. The van der Waals surface area contributed by atoms with Crippen molar-refractivity contribution in [2.45, 2.75) is 19.8 Å². The van der Waals surface area contributed by atoms with Gasteiger partial charge in [-0.15, -0.1) is 0 Å². The van der Waals surface area contributed by atoms with Crippen molar-refractivity contribution in [1.82, 2.24) is 0 Å². The zero-order chi connectivity index (χ0) is 29.0. The molecule has 1 saturated heterocycles. The third kappa shape index (κ3) is 4.13. The second-order valence-corrected chi connectivity index (χ2v) is 10.8. The van der Waals surface area contributed by atoms with Gasteiger partial charge in [0.2, 0.25) is 17.6 Å². The van der Waals surface area contributed by atoms with Crippen LogP contribution in [0, 0.1) is 23.7 Å². The summed E-state index contributed by atoms with van der Waals surface area (Å²) in [7, 11) is 2.88. The van der Waals surface area contributed by atoms with Crippen molar-refractivity contribution in [3.8, 4) is 17.2 Å². The Morgan fingerprint density at radius 1 is 0.951 bits per heavy atom. The number of methoxy groups -OCH3 is 2. The number of rotatable bonds is 5. The average molecular weight is 552 g/mol. The van der Waals surface area contributed by atoms with Crippen molar-refractivity contribution in [3.05, 3.63) is 88.5 Å². The molecule has 4 atom stereocenters. The lowest BCUT2D eigenvalue weighted by molar-refractivity contribution is -0.123. The minimum Gasteiger partial charge on any atom is -0.502 e. The SMILES string of the molecule is COc1cc(C=CC2C3=CCC4C(=O)N(c5ccccc5)C(=O)C4C3CC3=C2C(=O)C=C(C)C3=O)cc(OC)c1O. The number of carbonyl (C=O) groups is 4. The number of anilines is 1. The predicted octanol–water partition coefficient (Wildman–Crippen LogP) is 4.59. The Labute approximate surface area is 237 Å². The Bertz CT molecular complexity index is 1600. The molecule has 208 valence electrons. The van der Waals surface area contributed by atoms with Crippen LogP contribution in [0.4, 0.5) is 5.69 Å². The van der Waals surface area contributed by atoms with Gasteiger partial charge in [0.15, 0.2) is 23.1 Å². The monoisotopic (exact) mass is 551 g/mol. The predicted molar refractivity (Wildman–Crippen MR) is 151 cm³/mol. The maximum absolute atomic E-state index is 13.9. The fourth-order valence-electron chi connectivity index (χ4n) is 6.71. The average Bonchev–Trinajstić information content (AvgIpc) is 3.24. The summed E-state index contributed by atoms with van der Waals surface area (Å²) in [6, 6.07) is 12.2. The van der Waals surface area contributed by atoms with Crippen LogP contribution in [0.25, 0.3) is 6.08 Å². The molecule has 1 fully saturated rings. The Hall–Kier alpha value is -4.72. The molecule has 4 aliphatic rings. The number of nitrogens with zero attached hydrogens (tertiary/aromatic N) is 1. The summed E-state index contributed by atoms with van der Waals surface area (Å²) < 4.78 is 10.6. The van der Waals surface area contributed by atoms with Crippen LogP contribution in [-0.2, 0) is 19.2 Å². The molecule has 8 heteroatoms. The number of ketones is 2. The maximum atomic E-state index is 13.9. The summed E-state index contributed by atoms with van der Waals surface area (Å²) >= 11 is 0. The van der Waals surface area contributed by atoms with Crippen LogP contribution in [-0.4, -0.2) is 42.7 Å². The number of phenols is 1. The molecular weight excluding hydrogens is 522 g/mol. The normalized spacial score (nSPS) is 25.6. The van der Waals surface area contributed by atoms with E-state index in [1.807, 2.05) is 18.2 Å². The number of Topliss-reactive ketones (excluding diaryl/α,β-unsaturated/α-hetero) is 1. The number of carbonyl (C=O) groups excluding carboxylic acids is 4. The largest absolute Gasteiger partial charge is 0.502 e. The van der Waals surface area contributed by atoms with E-state index in [9.17, 15) is 24.3 Å². The Balaban J connectivity index is 1.44. The van der Waals surface area contributed by atoms with Crippen LogP contribution in [0.15, 0.2) is 83.0 Å². The van der Waals surface area contributed by atoms with Gasteiger partial charge in [-0.2, -0.15) is 0 Å². The van der Waals surface area contributed by atoms with Crippen LogP contribution in [0.1, 0.15) is 25.3 Å². The summed E-state index contributed by atoms with van der Waals surface area (Å²) in [6.45, 7) is 1.63. The van der Waals surface area contributed by atoms with Gasteiger partial charge in [0.25, 0.3) is 0 Å². The van der Waals surface area contributed by atoms with Gasteiger partial charge in [0.1, 0.15) is 0 Å². The number of hydrogen-bond donors (Lipinski definition) is 1. The number of allylic oxidation sites excluding steroid dienone is 7. The molecule has 3 aliphatic carbocycles. The van der Waals surface area contributed by atoms with Gasteiger partial charge in [0, 0.05) is 22.6 Å². The van der Waals surface area contributed by atoms with Crippen LogP contribution < -0.4 is 14.4 Å². The highest BCUT2D eigenvalue weighted by molar-refractivity contribution is 6.24. The molecule has 2 amide bonds. The van der Waals surface area contributed by atoms with E-state index in [-0.39, 0.29) is 47.1 Å². The molecule has 0 spiro atoms. The lowest BCUT2D eigenvalue weighted by atomic mass is 9.60. The number of ether oxygens (including phenoxy) is 2. The van der Waals surface area contributed by atoms with Gasteiger partial charge >= 0.3 is 0 Å². The molecule has 8 nitrogen and oxygen atoms in total. The standard InChI is InChI=1S/C33H29NO7/c1-17-13-25(35)28-21(10-9-18-14-26(40-2)31(37)27(15-18)41-3)20-11-12-22-29(23(20)16-24(28)30(17)36)33(39)34(32(22)38)19-7-5-4-6-8-19/h4-11,13-15,21-23,29,37H,12,16H2,1-3H3. The molecule has 41 heavy (non-hydrogen) atoms. The zero-order valence-corrected chi connectivity index (χ0v) is 22.9. The van der Waals surface area contributed by atoms with Crippen LogP contribution in [0.5, 0.6) is 17.2 Å². The summed E-state index contributed by atoms with van der Waals surface area (Å²) in [4.78, 5) is 55.4. The van der Waals surface area contributed by atoms with E-state index in [1.165, 1.54) is 25.2 Å². The van der Waals surface area contributed by atoms with Gasteiger partial charge in [0.05, 0.1) is 31.7 Å². The Morgan fingerprint density at radius 2 is 1.63 bits per heavy atom. The smallest absolute Gasteiger partial charge is 0.238 e. The third-order valence-electron chi connectivity index (χ3n) is 8.61. The molecule has 1 heterocycles. The van der Waals surface area contributed by atoms with Crippen molar-refractivity contribution in [2.24, 2.45) is 23.7 Å². The second kappa shape index (κ2) is 10.0. The van der Waals surface area contributed by atoms with E-state index in [0.717, 1.165) is 5.57 Å². The number of imide groups is 1. The number of fused-ring (bicyclic) bond motifs is 3. The first-order chi connectivity index (χ1) is 19.7. The van der Waals surface area contributed by atoms with Gasteiger partial charge in [-0.3, -0.25) is 24.1 Å².